The van der Waals surface area contributed by atoms with Crippen molar-refractivity contribution in [2.45, 2.75) is 26.2 Å². The molecule has 0 saturated carbocycles. The molecule has 0 bridgehead atoms. The second kappa shape index (κ2) is 5.53. The van der Waals surface area contributed by atoms with E-state index < -0.39 is 11.7 Å². The fourth-order valence-electron chi connectivity index (χ4n) is 2.13. The molecule has 0 aliphatic carbocycles. The van der Waals surface area contributed by atoms with E-state index in [1.165, 1.54) is 4.90 Å². The number of carbonyl (C=O) groups excluding carboxylic acids is 3. The Bertz CT molecular complexity index is 554. The van der Waals surface area contributed by atoms with E-state index in [1.54, 1.807) is 18.2 Å². The minimum Gasteiger partial charge on any atom is -0.305 e. The van der Waals surface area contributed by atoms with Crippen LogP contribution in [0, 0.1) is 0 Å². The molecule has 100 valence electrons. The number of anilines is 1. The zero-order valence-corrected chi connectivity index (χ0v) is 11.4. The first-order chi connectivity index (χ1) is 9.06. The van der Waals surface area contributed by atoms with Gasteiger partial charge < -0.3 is 4.90 Å². The van der Waals surface area contributed by atoms with Crippen LogP contribution in [0.5, 0.6) is 0 Å². The number of benzene rings is 1. The standard InChI is InChI=1S/C14H14ClNO3/c1-2-9(17)5-4-8-16-11-7-3-6-10(15)12(11)13(18)14(16)19/h3,6-7H,2,4-5,8H2,1H3. The molecular formula is C14H14ClNO3. The van der Waals surface area contributed by atoms with Gasteiger partial charge in [-0.15, -0.1) is 0 Å². The van der Waals surface area contributed by atoms with Crippen LogP contribution in [-0.2, 0) is 9.59 Å². The van der Waals surface area contributed by atoms with Crippen LogP contribution in [0.25, 0.3) is 0 Å². The smallest absolute Gasteiger partial charge is 0.299 e. The number of rotatable bonds is 5. The van der Waals surface area contributed by atoms with E-state index >= 15 is 0 Å². The lowest BCUT2D eigenvalue weighted by atomic mass is 10.1. The summed E-state index contributed by atoms with van der Waals surface area (Å²) in [7, 11) is 0. The molecular weight excluding hydrogens is 266 g/mol. The van der Waals surface area contributed by atoms with Crippen molar-refractivity contribution < 1.29 is 14.4 Å². The Hall–Kier alpha value is -1.68. The highest BCUT2D eigenvalue weighted by molar-refractivity contribution is 6.55. The predicted molar refractivity (Wildman–Crippen MR) is 72.7 cm³/mol. The first-order valence-corrected chi connectivity index (χ1v) is 6.60. The quantitative estimate of drug-likeness (QED) is 0.779. The second-order valence-electron chi connectivity index (χ2n) is 4.42. The maximum atomic E-state index is 11.9. The molecule has 1 amide bonds. The normalized spacial score (nSPS) is 13.9. The largest absolute Gasteiger partial charge is 0.305 e. The van der Waals surface area contributed by atoms with Crippen LogP contribution in [0.1, 0.15) is 36.5 Å². The maximum Gasteiger partial charge on any atom is 0.299 e. The van der Waals surface area contributed by atoms with Crippen molar-refractivity contribution in [3.8, 4) is 0 Å². The van der Waals surface area contributed by atoms with Crippen molar-refractivity contribution in [1.82, 2.24) is 0 Å². The summed E-state index contributed by atoms with van der Waals surface area (Å²) in [6, 6.07) is 5.00. The SMILES string of the molecule is CCC(=O)CCCN1C(=O)C(=O)c2c(Cl)cccc21. The third-order valence-electron chi connectivity index (χ3n) is 3.18. The van der Waals surface area contributed by atoms with Crippen LogP contribution < -0.4 is 4.90 Å². The molecule has 0 aromatic heterocycles. The van der Waals surface area contributed by atoms with Gasteiger partial charge in [-0.3, -0.25) is 14.4 Å². The monoisotopic (exact) mass is 279 g/mol. The molecule has 0 unspecified atom stereocenters. The van der Waals surface area contributed by atoms with E-state index in [2.05, 4.69) is 0 Å². The van der Waals surface area contributed by atoms with E-state index in [0.29, 0.717) is 36.5 Å². The summed E-state index contributed by atoms with van der Waals surface area (Å²) in [6.07, 6.45) is 1.47. The van der Waals surface area contributed by atoms with Gasteiger partial charge in [0.2, 0.25) is 0 Å². The summed E-state index contributed by atoms with van der Waals surface area (Å²) >= 11 is 5.95. The summed E-state index contributed by atoms with van der Waals surface area (Å²) in [5, 5.41) is 0.294. The number of amides is 1. The molecule has 0 radical (unpaired) electrons. The molecule has 1 aliphatic rings. The van der Waals surface area contributed by atoms with Gasteiger partial charge in [0, 0.05) is 19.4 Å². The minimum atomic E-state index is -0.567. The highest BCUT2D eigenvalue weighted by Crippen LogP contribution is 2.34. The molecule has 0 N–H and O–H groups in total. The zero-order valence-electron chi connectivity index (χ0n) is 10.6. The van der Waals surface area contributed by atoms with Gasteiger partial charge in [0.25, 0.3) is 11.7 Å². The Morgan fingerprint density at radius 1 is 1.32 bits per heavy atom. The number of nitrogens with zero attached hydrogens (tertiary/aromatic N) is 1. The Kier molecular flexibility index (Phi) is 4.00. The van der Waals surface area contributed by atoms with Gasteiger partial charge in [-0.1, -0.05) is 24.6 Å². The van der Waals surface area contributed by atoms with Crippen molar-refractivity contribution in [1.29, 1.82) is 0 Å². The number of halogens is 1. The second-order valence-corrected chi connectivity index (χ2v) is 4.82. The average Bonchev–Trinajstić information content (AvgIpc) is 2.64. The van der Waals surface area contributed by atoms with Gasteiger partial charge in [0.05, 0.1) is 16.3 Å². The van der Waals surface area contributed by atoms with Gasteiger partial charge in [-0.25, -0.2) is 0 Å². The summed E-state index contributed by atoms with van der Waals surface area (Å²) in [5.41, 5.74) is 0.822. The molecule has 1 aromatic carbocycles. The Labute approximate surface area is 116 Å². The number of fused-ring (bicyclic) bond motifs is 1. The molecule has 0 spiro atoms. The third-order valence-corrected chi connectivity index (χ3v) is 3.50. The van der Waals surface area contributed by atoms with Crippen molar-refractivity contribution in [2.75, 3.05) is 11.4 Å². The van der Waals surface area contributed by atoms with Crippen molar-refractivity contribution in [3.63, 3.8) is 0 Å². The van der Waals surface area contributed by atoms with E-state index in [4.69, 9.17) is 11.6 Å². The van der Waals surface area contributed by atoms with E-state index in [0.717, 1.165) is 0 Å². The van der Waals surface area contributed by atoms with E-state index in [1.807, 2.05) is 6.92 Å². The van der Waals surface area contributed by atoms with Gasteiger partial charge in [0.1, 0.15) is 5.78 Å². The molecule has 1 heterocycles. The van der Waals surface area contributed by atoms with Gasteiger partial charge >= 0.3 is 0 Å². The first kappa shape index (κ1) is 13.7. The van der Waals surface area contributed by atoms with Gasteiger partial charge in [-0.2, -0.15) is 0 Å². The van der Waals surface area contributed by atoms with Crippen LogP contribution in [0.15, 0.2) is 18.2 Å². The molecule has 1 aromatic rings. The summed E-state index contributed by atoms with van der Waals surface area (Å²) in [5.74, 6) is -0.973. The zero-order chi connectivity index (χ0) is 14.0. The number of hydrogen-bond acceptors (Lipinski definition) is 3. The highest BCUT2D eigenvalue weighted by atomic mass is 35.5. The Morgan fingerprint density at radius 2 is 2.05 bits per heavy atom. The number of ketones is 2. The minimum absolute atomic E-state index is 0.157. The lowest BCUT2D eigenvalue weighted by Crippen LogP contribution is -2.30. The van der Waals surface area contributed by atoms with Crippen LogP contribution in [0.2, 0.25) is 5.02 Å². The molecule has 2 rings (SSSR count). The van der Waals surface area contributed by atoms with E-state index in [-0.39, 0.29) is 11.3 Å². The molecule has 0 atom stereocenters. The number of hydrogen-bond donors (Lipinski definition) is 0. The fourth-order valence-corrected chi connectivity index (χ4v) is 2.39. The van der Waals surface area contributed by atoms with Crippen molar-refractivity contribution in [2.24, 2.45) is 0 Å². The lowest BCUT2D eigenvalue weighted by Gasteiger charge is -2.16. The van der Waals surface area contributed by atoms with Crippen molar-refractivity contribution in [3.05, 3.63) is 28.8 Å². The summed E-state index contributed by atoms with van der Waals surface area (Å²) in [4.78, 5) is 36.4. The molecule has 5 heteroatoms. The average molecular weight is 280 g/mol. The predicted octanol–water partition coefficient (Wildman–Crippen LogP) is 2.63. The highest BCUT2D eigenvalue weighted by Gasteiger charge is 2.36. The molecule has 0 fully saturated rings. The lowest BCUT2D eigenvalue weighted by molar-refractivity contribution is -0.119. The van der Waals surface area contributed by atoms with Crippen molar-refractivity contribution >= 4 is 34.8 Å². The summed E-state index contributed by atoms with van der Waals surface area (Å²) < 4.78 is 0. The third kappa shape index (κ3) is 2.54. The van der Waals surface area contributed by atoms with Gasteiger partial charge in [-0.05, 0) is 18.6 Å². The molecule has 4 nitrogen and oxygen atoms in total. The topological polar surface area (TPSA) is 54.5 Å². The molecule has 19 heavy (non-hydrogen) atoms. The van der Waals surface area contributed by atoms with Gasteiger partial charge in [0.15, 0.2) is 0 Å². The molecule has 1 aliphatic heterocycles. The van der Waals surface area contributed by atoms with Crippen LogP contribution in [0.3, 0.4) is 0 Å². The summed E-state index contributed by atoms with van der Waals surface area (Å²) in [6.45, 7) is 2.17. The first-order valence-electron chi connectivity index (χ1n) is 6.22. The van der Waals surface area contributed by atoms with E-state index in [9.17, 15) is 14.4 Å². The fraction of sp³-hybridized carbons (Fsp3) is 0.357. The Morgan fingerprint density at radius 3 is 2.74 bits per heavy atom. The van der Waals surface area contributed by atoms with Crippen LogP contribution in [-0.4, -0.2) is 24.0 Å². The van der Waals surface area contributed by atoms with Crippen LogP contribution in [0.4, 0.5) is 5.69 Å². The molecule has 0 saturated heterocycles. The number of carbonyl (C=O) groups is 3. The van der Waals surface area contributed by atoms with Crippen LogP contribution >= 0.6 is 11.6 Å². The Balaban J connectivity index is 2.15. The maximum absolute atomic E-state index is 11.9. The number of Topliss-reactive ketones (excluding diaryl/α,β-unsaturated/α-hetero) is 2.